The number of hydrogen-bond acceptors (Lipinski definition) is 3. The summed E-state index contributed by atoms with van der Waals surface area (Å²) in [5.74, 6) is -0.125. The van der Waals surface area contributed by atoms with E-state index >= 15 is 0 Å². The van der Waals surface area contributed by atoms with E-state index in [-0.39, 0.29) is 18.2 Å². The van der Waals surface area contributed by atoms with Gasteiger partial charge in [-0.25, -0.2) is 4.68 Å². The lowest BCUT2D eigenvalue weighted by Crippen LogP contribution is -2.28. The van der Waals surface area contributed by atoms with Crippen LogP contribution in [-0.2, 0) is 11.3 Å². The number of amides is 2. The van der Waals surface area contributed by atoms with E-state index in [9.17, 15) is 9.59 Å². The normalized spacial score (nSPS) is 12.9. The molecule has 2 amide bonds. The number of hydrogen-bond donors (Lipinski definition) is 1. The molecular formula is C20H18N4O2. The summed E-state index contributed by atoms with van der Waals surface area (Å²) in [4.78, 5) is 26.3. The number of fused-ring (bicyclic) bond motifs is 1. The molecule has 6 nitrogen and oxygen atoms in total. The van der Waals surface area contributed by atoms with Crippen LogP contribution in [0.4, 0.5) is 5.69 Å². The Hall–Kier alpha value is -3.41. The van der Waals surface area contributed by atoms with Crippen LogP contribution >= 0.6 is 0 Å². The first-order valence-electron chi connectivity index (χ1n) is 8.48. The Morgan fingerprint density at radius 1 is 1.12 bits per heavy atom. The highest BCUT2D eigenvalue weighted by atomic mass is 16.2. The maximum atomic E-state index is 12.3. The summed E-state index contributed by atoms with van der Waals surface area (Å²) in [5.41, 5.74) is 3.33. The minimum absolute atomic E-state index is 0.00548. The monoisotopic (exact) mass is 346 g/mol. The van der Waals surface area contributed by atoms with E-state index in [1.165, 1.54) is 0 Å². The number of aromatic nitrogens is 2. The molecule has 0 saturated carbocycles. The van der Waals surface area contributed by atoms with Crippen molar-refractivity contribution in [3.8, 4) is 5.69 Å². The number of nitrogens with zero attached hydrogens (tertiary/aromatic N) is 3. The summed E-state index contributed by atoms with van der Waals surface area (Å²) in [6, 6.07) is 16.9. The average molecular weight is 346 g/mol. The first-order chi connectivity index (χ1) is 12.7. The molecule has 0 atom stereocenters. The van der Waals surface area contributed by atoms with Crippen LogP contribution < -0.4 is 5.32 Å². The third-order valence-electron chi connectivity index (χ3n) is 4.40. The molecule has 0 aliphatic carbocycles. The molecule has 2 heterocycles. The first kappa shape index (κ1) is 16.1. The number of carbonyl (C=O) groups excluding carboxylic acids is 2. The minimum atomic E-state index is -0.119. The van der Waals surface area contributed by atoms with E-state index in [1.807, 2.05) is 60.8 Å². The minimum Gasteiger partial charge on any atom is -0.334 e. The molecule has 0 radical (unpaired) electrons. The second-order valence-electron chi connectivity index (χ2n) is 6.18. The lowest BCUT2D eigenvalue weighted by atomic mass is 10.1. The van der Waals surface area contributed by atoms with E-state index in [0.717, 1.165) is 16.8 Å². The number of benzene rings is 2. The number of carbonyl (C=O) groups is 2. The van der Waals surface area contributed by atoms with Gasteiger partial charge in [0.1, 0.15) is 0 Å². The summed E-state index contributed by atoms with van der Waals surface area (Å²) in [5, 5.41) is 7.07. The van der Waals surface area contributed by atoms with Crippen LogP contribution in [0.5, 0.6) is 0 Å². The first-order valence-corrected chi connectivity index (χ1v) is 8.48. The second kappa shape index (κ2) is 6.84. The van der Waals surface area contributed by atoms with Crippen LogP contribution in [0, 0.1) is 0 Å². The Bertz CT molecular complexity index is 950. The van der Waals surface area contributed by atoms with E-state index in [1.54, 1.807) is 15.8 Å². The molecule has 0 saturated heterocycles. The van der Waals surface area contributed by atoms with Gasteiger partial charge < -0.3 is 10.2 Å². The summed E-state index contributed by atoms with van der Waals surface area (Å²) >= 11 is 0. The Morgan fingerprint density at radius 3 is 2.81 bits per heavy atom. The maximum absolute atomic E-state index is 12.3. The summed E-state index contributed by atoms with van der Waals surface area (Å²) in [6.45, 7) is 0.968. The Kier molecular flexibility index (Phi) is 4.23. The molecule has 0 unspecified atom stereocenters. The van der Waals surface area contributed by atoms with Gasteiger partial charge >= 0.3 is 0 Å². The fraction of sp³-hybridized carbons (Fsp3) is 0.150. The van der Waals surface area contributed by atoms with Crippen molar-refractivity contribution < 1.29 is 9.59 Å². The van der Waals surface area contributed by atoms with E-state index in [4.69, 9.17) is 0 Å². The second-order valence-corrected chi connectivity index (χ2v) is 6.18. The summed E-state index contributed by atoms with van der Waals surface area (Å²) in [7, 11) is 0. The maximum Gasteiger partial charge on any atom is 0.254 e. The largest absolute Gasteiger partial charge is 0.334 e. The molecule has 1 aromatic heterocycles. The molecule has 4 rings (SSSR count). The number of rotatable bonds is 5. The number of nitrogens with one attached hydrogen (secondary N) is 1. The van der Waals surface area contributed by atoms with Gasteiger partial charge in [0.25, 0.3) is 5.91 Å². The lowest BCUT2D eigenvalue weighted by molar-refractivity contribution is -0.116. The smallest absolute Gasteiger partial charge is 0.254 e. The van der Waals surface area contributed by atoms with Gasteiger partial charge in [-0.05, 0) is 35.9 Å². The molecule has 1 aliphatic rings. The Morgan fingerprint density at radius 2 is 2.00 bits per heavy atom. The zero-order valence-corrected chi connectivity index (χ0v) is 14.1. The van der Waals surface area contributed by atoms with Gasteiger partial charge in [-0.3, -0.25) is 9.59 Å². The molecule has 2 aromatic carbocycles. The molecule has 3 aromatic rings. The molecule has 130 valence electrons. The highest BCUT2D eigenvalue weighted by Crippen LogP contribution is 2.22. The van der Waals surface area contributed by atoms with E-state index < -0.39 is 0 Å². The average Bonchev–Trinajstić information content (AvgIpc) is 3.29. The van der Waals surface area contributed by atoms with Crippen LogP contribution in [0.1, 0.15) is 22.3 Å². The van der Waals surface area contributed by atoms with Crippen molar-refractivity contribution in [2.24, 2.45) is 0 Å². The third-order valence-corrected chi connectivity index (χ3v) is 4.40. The van der Waals surface area contributed by atoms with Crippen molar-refractivity contribution in [3.05, 3.63) is 78.1 Å². The van der Waals surface area contributed by atoms with Gasteiger partial charge in [0.05, 0.1) is 5.69 Å². The molecule has 0 fully saturated rings. The molecule has 6 heteroatoms. The summed E-state index contributed by atoms with van der Waals surface area (Å²) < 4.78 is 1.73. The van der Waals surface area contributed by atoms with Gasteiger partial charge in [0, 0.05) is 43.2 Å². The lowest BCUT2D eigenvalue weighted by Gasteiger charge is -2.15. The third kappa shape index (κ3) is 3.21. The SMILES string of the molecule is O=C(CCN1Cc2ccccc2C1=O)Nc1cccc(-n2cccn2)c1. The van der Waals surface area contributed by atoms with Crippen molar-refractivity contribution in [1.82, 2.24) is 14.7 Å². The quantitative estimate of drug-likeness (QED) is 0.772. The van der Waals surface area contributed by atoms with Gasteiger partial charge in [0.2, 0.25) is 5.91 Å². The molecular weight excluding hydrogens is 328 g/mol. The van der Waals surface area contributed by atoms with Crippen LogP contribution in [0.3, 0.4) is 0 Å². The topological polar surface area (TPSA) is 67.2 Å². The standard InChI is InChI=1S/C20H18N4O2/c25-19(9-12-23-14-15-5-1-2-8-18(15)20(23)26)22-16-6-3-7-17(13-16)24-11-4-10-21-24/h1-8,10-11,13H,9,12,14H2,(H,22,25). The van der Waals surface area contributed by atoms with Crippen molar-refractivity contribution in [2.75, 3.05) is 11.9 Å². The van der Waals surface area contributed by atoms with Crippen molar-refractivity contribution >= 4 is 17.5 Å². The molecule has 1 aliphatic heterocycles. The van der Waals surface area contributed by atoms with Crippen LogP contribution in [0.2, 0.25) is 0 Å². The van der Waals surface area contributed by atoms with Crippen molar-refractivity contribution in [2.45, 2.75) is 13.0 Å². The number of anilines is 1. The van der Waals surface area contributed by atoms with Gasteiger partial charge in [0.15, 0.2) is 0 Å². The predicted molar refractivity (Wildman–Crippen MR) is 98.0 cm³/mol. The van der Waals surface area contributed by atoms with Crippen molar-refractivity contribution in [3.63, 3.8) is 0 Å². The molecule has 1 N–H and O–H groups in total. The van der Waals surface area contributed by atoms with E-state index in [0.29, 0.717) is 18.8 Å². The Labute approximate surface area is 151 Å². The molecule has 26 heavy (non-hydrogen) atoms. The van der Waals surface area contributed by atoms with Gasteiger partial charge in [-0.1, -0.05) is 24.3 Å². The highest BCUT2D eigenvalue weighted by molar-refractivity contribution is 5.98. The van der Waals surface area contributed by atoms with Crippen LogP contribution in [0.25, 0.3) is 5.69 Å². The van der Waals surface area contributed by atoms with E-state index in [2.05, 4.69) is 10.4 Å². The highest BCUT2D eigenvalue weighted by Gasteiger charge is 2.26. The molecule has 0 spiro atoms. The molecule has 0 bridgehead atoms. The zero-order valence-electron chi connectivity index (χ0n) is 14.1. The fourth-order valence-electron chi connectivity index (χ4n) is 3.10. The van der Waals surface area contributed by atoms with Crippen LogP contribution in [0.15, 0.2) is 67.0 Å². The zero-order chi connectivity index (χ0) is 17.9. The van der Waals surface area contributed by atoms with Crippen molar-refractivity contribution in [1.29, 1.82) is 0 Å². The van der Waals surface area contributed by atoms with Crippen LogP contribution in [-0.4, -0.2) is 33.0 Å². The van der Waals surface area contributed by atoms with Gasteiger partial charge in [-0.2, -0.15) is 5.10 Å². The van der Waals surface area contributed by atoms with Gasteiger partial charge in [-0.15, -0.1) is 0 Å². The fourth-order valence-corrected chi connectivity index (χ4v) is 3.10. The summed E-state index contributed by atoms with van der Waals surface area (Å²) in [6.07, 6.45) is 3.81. The Balaban J connectivity index is 1.35. The predicted octanol–water partition coefficient (Wildman–Crippen LogP) is 2.86.